The molecule has 0 aliphatic carbocycles. The summed E-state index contributed by atoms with van der Waals surface area (Å²) >= 11 is 1.59. The molecule has 31 heavy (non-hydrogen) atoms. The van der Waals surface area contributed by atoms with Crippen molar-refractivity contribution in [3.05, 3.63) is 71.4 Å². The Morgan fingerprint density at radius 2 is 1.84 bits per heavy atom. The number of nitrogen functional groups attached to an aromatic ring is 1. The van der Waals surface area contributed by atoms with Gasteiger partial charge in [-0.15, -0.1) is 11.3 Å². The summed E-state index contributed by atoms with van der Waals surface area (Å²) in [5.74, 6) is 1.16. The Bertz CT molecular complexity index is 1280. The number of amides is 1. The standard InChI is InChI=1S/C24H20N4O2S/c1-30-21-12-16(24-27-8-9-31-24)3-4-18(21)17-11-20(22(25)28-13-17)14-2-5-19-15(10-14)6-7-26-23(19)29/h2-5,8-13H,6-7H2,1H3,(H2,25,28)(H,26,29). The maximum absolute atomic E-state index is 12.1. The third-order valence-corrected chi connectivity index (χ3v) is 6.27. The number of methoxy groups -OCH3 is 1. The highest BCUT2D eigenvalue weighted by molar-refractivity contribution is 7.13. The van der Waals surface area contributed by atoms with Gasteiger partial charge in [0, 0.05) is 52.1 Å². The number of nitrogens with one attached hydrogen (secondary N) is 1. The molecule has 0 saturated carbocycles. The van der Waals surface area contributed by atoms with Crippen LogP contribution < -0.4 is 15.8 Å². The van der Waals surface area contributed by atoms with Gasteiger partial charge in [0.15, 0.2) is 0 Å². The quantitative estimate of drug-likeness (QED) is 0.502. The minimum absolute atomic E-state index is 0.0299. The Balaban J connectivity index is 1.57. The second-order valence-corrected chi connectivity index (χ2v) is 8.18. The maximum Gasteiger partial charge on any atom is 0.251 e. The average molecular weight is 429 g/mol. The summed E-state index contributed by atoms with van der Waals surface area (Å²) in [7, 11) is 1.66. The van der Waals surface area contributed by atoms with Crippen molar-refractivity contribution in [3.8, 4) is 38.6 Å². The Hall–Kier alpha value is -3.71. The molecule has 5 rings (SSSR count). The van der Waals surface area contributed by atoms with Gasteiger partial charge in [-0.1, -0.05) is 18.2 Å². The van der Waals surface area contributed by atoms with Crippen LogP contribution in [0.3, 0.4) is 0 Å². The van der Waals surface area contributed by atoms with Gasteiger partial charge < -0.3 is 15.8 Å². The predicted molar refractivity (Wildman–Crippen MR) is 123 cm³/mol. The lowest BCUT2D eigenvalue weighted by atomic mass is 9.94. The molecular formula is C24H20N4O2S. The zero-order chi connectivity index (χ0) is 21.4. The fraction of sp³-hybridized carbons (Fsp3) is 0.125. The van der Waals surface area contributed by atoms with E-state index in [4.69, 9.17) is 10.5 Å². The van der Waals surface area contributed by atoms with Crippen LogP contribution in [-0.2, 0) is 6.42 Å². The van der Waals surface area contributed by atoms with Gasteiger partial charge in [0.1, 0.15) is 16.6 Å². The number of carbonyl (C=O) groups excluding carboxylic acids is 1. The number of nitrogens with zero attached hydrogens (tertiary/aromatic N) is 2. The highest BCUT2D eigenvalue weighted by Crippen LogP contribution is 2.37. The molecular weight excluding hydrogens is 408 g/mol. The van der Waals surface area contributed by atoms with Gasteiger partial charge in [0.05, 0.1) is 7.11 Å². The van der Waals surface area contributed by atoms with Gasteiger partial charge in [-0.3, -0.25) is 4.79 Å². The van der Waals surface area contributed by atoms with Crippen molar-refractivity contribution < 1.29 is 9.53 Å². The zero-order valence-electron chi connectivity index (χ0n) is 16.9. The Morgan fingerprint density at radius 3 is 2.65 bits per heavy atom. The highest BCUT2D eigenvalue weighted by Gasteiger charge is 2.18. The van der Waals surface area contributed by atoms with Gasteiger partial charge in [0.25, 0.3) is 5.91 Å². The lowest BCUT2D eigenvalue weighted by Gasteiger charge is -2.18. The number of fused-ring (bicyclic) bond motifs is 1. The van der Waals surface area contributed by atoms with E-state index in [1.807, 2.05) is 47.8 Å². The van der Waals surface area contributed by atoms with Crippen LogP contribution in [0.25, 0.3) is 32.8 Å². The van der Waals surface area contributed by atoms with Crippen LogP contribution in [0, 0.1) is 0 Å². The zero-order valence-corrected chi connectivity index (χ0v) is 17.7. The Kier molecular flexibility index (Phi) is 4.88. The van der Waals surface area contributed by atoms with E-state index in [1.165, 1.54) is 0 Å². The lowest BCUT2D eigenvalue weighted by molar-refractivity contribution is 0.0946. The van der Waals surface area contributed by atoms with Crippen LogP contribution in [0.5, 0.6) is 5.75 Å². The van der Waals surface area contributed by atoms with Gasteiger partial charge in [0.2, 0.25) is 0 Å². The van der Waals surface area contributed by atoms with Crippen LogP contribution in [0.4, 0.5) is 5.82 Å². The number of benzene rings is 2. The molecule has 1 aliphatic rings. The molecule has 6 nitrogen and oxygen atoms in total. The number of pyridine rings is 1. The topological polar surface area (TPSA) is 90.1 Å². The van der Waals surface area contributed by atoms with Crippen molar-refractivity contribution in [2.24, 2.45) is 0 Å². The van der Waals surface area contributed by atoms with E-state index >= 15 is 0 Å². The molecule has 3 N–H and O–H groups in total. The van der Waals surface area contributed by atoms with Crippen LogP contribution in [0.1, 0.15) is 15.9 Å². The van der Waals surface area contributed by atoms with E-state index in [-0.39, 0.29) is 5.91 Å². The molecule has 2 aromatic carbocycles. The van der Waals surface area contributed by atoms with E-state index in [2.05, 4.69) is 15.3 Å². The number of hydrogen-bond acceptors (Lipinski definition) is 6. The summed E-state index contributed by atoms with van der Waals surface area (Å²) in [5.41, 5.74) is 12.6. The molecule has 0 spiro atoms. The molecule has 0 fully saturated rings. The van der Waals surface area contributed by atoms with Gasteiger partial charge in [-0.25, -0.2) is 9.97 Å². The first-order chi connectivity index (χ1) is 15.1. The molecule has 1 aliphatic heterocycles. The maximum atomic E-state index is 12.1. The second-order valence-electron chi connectivity index (χ2n) is 7.29. The third-order valence-electron chi connectivity index (χ3n) is 5.45. The van der Waals surface area contributed by atoms with Crippen molar-refractivity contribution in [3.63, 3.8) is 0 Å². The van der Waals surface area contributed by atoms with Crippen molar-refractivity contribution in [1.82, 2.24) is 15.3 Å². The molecule has 0 atom stereocenters. The van der Waals surface area contributed by atoms with Crippen molar-refractivity contribution >= 4 is 23.1 Å². The lowest BCUT2D eigenvalue weighted by Crippen LogP contribution is -2.31. The first-order valence-electron chi connectivity index (χ1n) is 9.89. The van der Waals surface area contributed by atoms with Gasteiger partial charge in [-0.05, 0) is 41.8 Å². The van der Waals surface area contributed by atoms with E-state index < -0.39 is 0 Å². The second kappa shape index (κ2) is 7.85. The van der Waals surface area contributed by atoms with E-state index in [1.54, 1.807) is 30.8 Å². The van der Waals surface area contributed by atoms with Crippen LogP contribution >= 0.6 is 11.3 Å². The number of anilines is 1. The highest BCUT2D eigenvalue weighted by atomic mass is 32.1. The number of rotatable bonds is 4. The van der Waals surface area contributed by atoms with E-state index in [0.29, 0.717) is 12.4 Å². The SMILES string of the molecule is COc1cc(-c2nccs2)ccc1-c1cnc(N)c(-c2ccc3c(c2)CCNC3=O)c1. The van der Waals surface area contributed by atoms with E-state index in [9.17, 15) is 4.79 Å². The molecule has 2 aromatic heterocycles. The molecule has 7 heteroatoms. The van der Waals surface area contributed by atoms with E-state index in [0.717, 1.165) is 56.1 Å². The minimum atomic E-state index is -0.0299. The number of ether oxygens (including phenoxy) is 1. The number of thiazole rings is 1. The smallest absolute Gasteiger partial charge is 0.251 e. The van der Waals surface area contributed by atoms with Crippen LogP contribution in [0.15, 0.2) is 60.2 Å². The Morgan fingerprint density at radius 1 is 1.00 bits per heavy atom. The van der Waals surface area contributed by atoms with Crippen LogP contribution in [-0.4, -0.2) is 29.5 Å². The third kappa shape index (κ3) is 3.53. The van der Waals surface area contributed by atoms with Crippen LogP contribution in [0.2, 0.25) is 0 Å². The largest absolute Gasteiger partial charge is 0.496 e. The van der Waals surface area contributed by atoms with Gasteiger partial charge >= 0.3 is 0 Å². The summed E-state index contributed by atoms with van der Waals surface area (Å²) in [5, 5.41) is 5.77. The molecule has 0 unspecified atom stereocenters. The summed E-state index contributed by atoms with van der Waals surface area (Å²) in [6.45, 7) is 0.645. The predicted octanol–water partition coefficient (Wildman–Crippen LogP) is 4.42. The molecule has 0 radical (unpaired) electrons. The minimum Gasteiger partial charge on any atom is -0.496 e. The molecule has 0 bridgehead atoms. The van der Waals surface area contributed by atoms with Crippen molar-refractivity contribution in [1.29, 1.82) is 0 Å². The fourth-order valence-corrected chi connectivity index (χ4v) is 4.51. The Labute approximate surface area is 183 Å². The summed E-state index contributed by atoms with van der Waals surface area (Å²) < 4.78 is 5.67. The average Bonchev–Trinajstić information content (AvgIpc) is 3.34. The molecule has 4 aromatic rings. The first-order valence-corrected chi connectivity index (χ1v) is 10.8. The molecule has 154 valence electrons. The van der Waals surface area contributed by atoms with Crippen molar-refractivity contribution in [2.75, 3.05) is 19.4 Å². The van der Waals surface area contributed by atoms with Crippen molar-refractivity contribution in [2.45, 2.75) is 6.42 Å². The summed E-state index contributed by atoms with van der Waals surface area (Å²) in [6, 6.07) is 13.9. The normalized spacial score (nSPS) is 12.9. The summed E-state index contributed by atoms with van der Waals surface area (Å²) in [6.07, 6.45) is 4.35. The molecule has 1 amide bonds. The first kappa shape index (κ1) is 19.3. The number of hydrogen-bond donors (Lipinski definition) is 2. The number of carbonyl (C=O) groups is 1. The number of nitrogens with two attached hydrogens (primary N) is 1. The van der Waals surface area contributed by atoms with Gasteiger partial charge in [-0.2, -0.15) is 0 Å². The number of aromatic nitrogens is 2. The molecule has 0 saturated heterocycles. The molecule has 3 heterocycles. The fourth-order valence-electron chi connectivity index (χ4n) is 3.88. The summed E-state index contributed by atoms with van der Waals surface area (Å²) in [4.78, 5) is 20.9. The monoisotopic (exact) mass is 428 g/mol.